The van der Waals surface area contributed by atoms with Gasteiger partial charge in [-0.3, -0.25) is 24.6 Å². The van der Waals surface area contributed by atoms with E-state index in [0.29, 0.717) is 6.54 Å². The Morgan fingerprint density at radius 3 is 2.68 bits per heavy atom. The zero-order valence-electron chi connectivity index (χ0n) is 10.8. The van der Waals surface area contributed by atoms with Crippen LogP contribution in [0.25, 0.3) is 0 Å². The summed E-state index contributed by atoms with van der Waals surface area (Å²) in [5.41, 5.74) is 0.00387. The number of nitrogens with one attached hydrogen (secondary N) is 2. The predicted octanol–water partition coefficient (Wildman–Crippen LogP) is 0.174. The Balaban J connectivity index is 2.54. The van der Waals surface area contributed by atoms with Crippen molar-refractivity contribution < 1.29 is 14.5 Å². The molecule has 0 saturated carbocycles. The summed E-state index contributed by atoms with van der Waals surface area (Å²) in [5.74, 6) is -0.477. The summed E-state index contributed by atoms with van der Waals surface area (Å²) in [6.07, 6.45) is 1.16. The Morgan fingerprint density at radius 2 is 2.16 bits per heavy atom. The average molecular weight is 268 g/mol. The molecule has 1 rings (SSSR count). The van der Waals surface area contributed by atoms with Gasteiger partial charge < -0.3 is 10.3 Å². The first-order valence-corrected chi connectivity index (χ1v) is 5.75. The van der Waals surface area contributed by atoms with Gasteiger partial charge in [0, 0.05) is 12.6 Å². The van der Waals surface area contributed by atoms with Gasteiger partial charge in [-0.2, -0.15) is 0 Å². The van der Waals surface area contributed by atoms with Crippen LogP contribution in [0.15, 0.2) is 12.3 Å². The lowest BCUT2D eigenvalue weighted by molar-refractivity contribution is -0.384. The van der Waals surface area contributed by atoms with Gasteiger partial charge in [-0.25, -0.2) is 0 Å². The molecule has 0 saturated heterocycles. The molecule has 0 aliphatic heterocycles. The molecule has 1 aromatic heterocycles. The maximum absolute atomic E-state index is 11.8. The molecule has 19 heavy (non-hydrogen) atoms. The predicted molar refractivity (Wildman–Crippen MR) is 68.0 cm³/mol. The minimum atomic E-state index is -0.578. The van der Waals surface area contributed by atoms with Crippen LogP contribution in [0.2, 0.25) is 0 Å². The number of likely N-dealkylation sites (N-methyl/N-ethyl adjacent to an activating group) is 2. The quantitative estimate of drug-likeness (QED) is 0.416. The van der Waals surface area contributed by atoms with E-state index in [4.69, 9.17) is 0 Å². The summed E-state index contributed by atoms with van der Waals surface area (Å²) >= 11 is 0. The third-order valence-corrected chi connectivity index (χ3v) is 2.38. The molecule has 0 fully saturated rings. The van der Waals surface area contributed by atoms with Crippen molar-refractivity contribution in [3.63, 3.8) is 0 Å². The van der Waals surface area contributed by atoms with Crippen LogP contribution in [-0.4, -0.2) is 53.2 Å². The SMILES string of the molecule is CCNC(=O)CN(C)CC(=O)c1cc([N+](=O)[O-])c[nH]1. The highest BCUT2D eigenvalue weighted by Crippen LogP contribution is 2.12. The van der Waals surface area contributed by atoms with Gasteiger partial charge in [0.1, 0.15) is 0 Å². The van der Waals surface area contributed by atoms with Gasteiger partial charge >= 0.3 is 0 Å². The molecular weight excluding hydrogens is 252 g/mol. The Bertz CT molecular complexity index is 483. The lowest BCUT2D eigenvalue weighted by Crippen LogP contribution is -2.37. The molecular formula is C11H16N4O4. The van der Waals surface area contributed by atoms with E-state index >= 15 is 0 Å². The number of aromatic amines is 1. The number of aromatic nitrogens is 1. The summed E-state index contributed by atoms with van der Waals surface area (Å²) in [6, 6.07) is 1.18. The van der Waals surface area contributed by atoms with E-state index in [1.54, 1.807) is 18.9 Å². The van der Waals surface area contributed by atoms with Crippen molar-refractivity contribution in [2.24, 2.45) is 0 Å². The Morgan fingerprint density at radius 1 is 1.47 bits per heavy atom. The van der Waals surface area contributed by atoms with Crippen molar-refractivity contribution in [1.29, 1.82) is 0 Å². The summed E-state index contributed by atoms with van der Waals surface area (Å²) in [6.45, 7) is 2.45. The second-order valence-electron chi connectivity index (χ2n) is 4.08. The van der Waals surface area contributed by atoms with Gasteiger partial charge in [-0.15, -0.1) is 0 Å². The van der Waals surface area contributed by atoms with E-state index in [2.05, 4.69) is 10.3 Å². The van der Waals surface area contributed by atoms with E-state index in [1.807, 2.05) is 0 Å². The van der Waals surface area contributed by atoms with E-state index in [1.165, 1.54) is 6.07 Å². The fourth-order valence-electron chi connectivity index (χ4n) is 1.53. The minimum absolute atomic E-state index is 0.00873. The molecule has 0 aliphatic rings. The first kappa shape index (κ1) is 14.8. The number of Topliss-reactive ketones (excluding diaryl/α,β-unsaturated/α-hetero) is 1. The highest BCUT2D eigenvalue weighted by Gasteiger charge is 2.16. The van der Waals surface area contributed by atoms with E-state index in [0.717, 1.165) is 6.20 Å². The molecule has 0 radical (unpaired) electrons. The number of ketones is 1. The monoisotopic (exact) mass is 268 g/mol. The topological polar surface area (TPSA) is 108 Å². The van der Waals surface area contributed by atoms with Gasteiger partial charge in [0.25, 0.3) is 5.69 Å². The molecule has 8 heteroatoms. The van der Waals surface area contributed by atoms with Crippen LogP contribution in [-0.2, 0) is 4.79 Å². The molecule has 0 atom stereocenters. The zero-order valence-corrected chi connectivity index (χ0v) is 10.8. The van der Waals surface area contributed by atoms with Gasteiger partial charge in [-0.05, 0) is 14.0 Å². The Kier molecular flexibility index (Phi) is 5.19. The van der Waals surface area contributed by atoms with Crippen molar-refractivity contribution in [3.05, 3.63) is 28.1 Å². The molecule has 0 spiro atoms. The lowest BCUT2D eigenvalue weighted by Gasteiger charge is -2.14. The van der Waals surface area contributed by atoms with E-state index in [-0.39, 0.29) is 36.2 Å². The van der Waals surface area contributed by atoms with Crippen LogP contribution in [0.5, 0.6) is 0 Å². The Labute approximate surface area is 109 Å². The van der Waals surface area contributed by atoms with Crippen LogP contribution in [0.1, 0.15) is 17.4 Å². The molecule has 1 amide bonds. The van der Waals surface area contributed by atoms with Crippen LogP contribution in [0.3, 0.4) is 0 Å². The van der Waals surface area contributed by atoms with Crippen LogP contribution in [0, 0.1) is 10.1 Å². The molecule has 0 unspecified atom stereocenters. The molecule has 0 aliphatic carbocycles. The molecule has 8 nitrogen and oxygen atoms in total. The summed E-state index contributed by atoms with van der Waals surface area (Å²) in [4.78, 5) is 37.1. The van der Waals surface area contributed by atoms with E-state index < -0.39 is 4.92 Å². The fourth-order valence-corrected chi connectivity index (χ4v) is 1.53. The highest BCUT2D eigenvalue weighted by atomic mass is 16.6. The number of nitrogens with zero attached hydrogens (tertiary/aromatic N) is 2. The van der Waals surface area contributed by atoms with E-state index in [9.17, 15) is 19.7 Å². The molecule has 0 bridgehead atoms. The fraction of sp³-hybridized carbons (Fsp3) is 0.455. The number of nitro groups is 1. The van der Waals surface area contributed by atoms with Gasteiger partial charge in [0.15, 0.2) is 5.78 Å². The van der Waals surface area contributed by atoms with Crippen molar-refractivity contribution in [2.45, 2.75) is 6.92 Å². The van der Waals surface area contributed by atoms with Crippen molar-refractivity contribution in [2.75, 3.05) is 26.7 Å². The zero-order chi connectivity index (χ0) is 14.4. The standard InChI is InChI=1S/C11H16N4O4/c1-3-12-11(17)7-14(2)6-10(16)9-4-8(5-13-9)15(18)19/h4-5,13H,3,6-7H2,1-2H3,(H,12,17). The van der Waals surface area contributed by atoms with Crippen LogP contribution >= 0.6 is 0 Å². The second kappa shape index (κ2) is 6.64. The minimum Gasteiger partial charge on any atom is -0.355 e. The number of carbonyl (C=O) groups excluding carboxylic acids is 2. The van der Waals surface area contributed by atoms with Crippen molar-refractivity contribution in [1.82, 2.24) is 15.2 Å². The van der Waals surface area contributed by atoms with Gasteiger partial charge in [0.2, 0.25) is 5.91 Å². The summed E-state index contributed by atoms with van der Waals surface area (Å²) in [7, 11) is 1.63. The number of hydrogen-bond acceptors (Lipinski definition) is 5. The largest absolute Gasteiger partial charge is 0.355 e. The maximum atomic E-state index is 11.8. The number of hydrogen-bond donors (Lipinski definition) is 2. The lowest BCUT2D eigenvalue weighted by atomic mass is 10.2. The van der Waals surface area contributed by atoms with Crippen molar-refractivity contribution >= 4 is 17.4 Å². The van der Waals surface area contributed by atoms with Gasteiger partial charge in [-0.1, -0.05) is 0 Å². The second-order valence-corrected chi connectivity index (χ2v) is 4.08. The smallest absolute Gasteiger partial charge is 0.287 e. The molecule has 2 N–H and O–H groups in total. The number of carbonyl (C=O) groups is 2. The number of rotatable bonds is 7. The van der Waals surface area contributed by atoms with Crippen LogP contribution in [0.4, 0.5) is 5.69 Å². The molecule has 1 aromatic rings. The summed E-state index contributed by atoms with van der Waals surface area (Å²) < 4.78 is 0. The van der Waals surface area contributed by atoms with Gasteiger partial charge in [0.05, 0.1) is 29.9 Å². The molecule has 0 aromatic carbocycles. The summed E-state index contributed by atoms with van der Waals surface area (Å²) in [5, 5.41) is 13.1. The first-order valence-electron chi connectivity index (χ1n) is 5.75. The van der Waals surface area contributed by atoms with Crippen molar-refractivity contribution in [3.8, 4) is 0 Å². The normalized spacial score (nSPS) is 10.5. The van der Waals surface area contributed by atoms with Crippen LogP contribution < -0.4 is 5.32 Å². The number of amides is 1. The molecule has 1 heterocycles. The first-order chi connectivity index (χ1) is 8.93. The third-order valence-electron chi connectivity index (χ3n) is 2.38. The molecule has 104 valence electrons. The Hall–Kier alpha value is -2.22. The average Bonchev–Trinajstić information content (AvgIpc) is 2.77. The number of H-pyrrole nitrogens is 1. The maximum Gasteiger partial charge on any atom is 0.287 e. The third kappa shape index (κ3) is 4.51. The highest BCUT2D eigenvalue weighted by molar-refractivity contribution is 5.96.